The number of nitrogens with zero attached hydrogens (tertiary/aromatic N) is 4. The first-order valence-corrected chi connectivity index (χ1v) is 10.4. The van der Waals surface area contributed by atoms with E-state index in [1.165, 1.54) is 11.0 Å². The minimum atomic E-state index is -4.70. The van der Waals surface area contributed by atoms with Crippen molar-refractivity contribution in [3.8, 4) is 11.3 Å². The van der Waals surface area contributed by atoms with E-state index in [9.17, 15) is 31.1 Å². The second kappa shape index (κ2) is 8.56. The Morgan fingerprint density at radius 1 is 1.11 bits per heavy atom. The number of nitrogens with one attached hydrogen (secondary N) is 1. The van der Waals surface area contributed by atoms with Crippen molar-refractivity contribution in [2.45, 2.75) is 32.1 Å². The van der Waals surface area contributed by atoms with Crippen LogP contribution in [-0.2, 0) is 23.1 Å². The Bertz CT molecular complexity index is 1280. The zero-order chi connectivity index (χ0) is 25.7. The summed E-state index contributed by atoms with van der Waals surface area (Å²) in [6.07, 6.45) is -4.70. The van der Waals surface area contributed by atoms with E-state index in [0.29, 0.717) is 0 Å². The number of carbonyl (C=O) groups is 1. The summed E-state index contributed by atoms with van der Waals surface area (Å²) in [5.41, 5.74) is 3.10. The molecule has 3 heterocycles. The lowest BCUT2D eigenvalue weighted by Crippen LogP contribution is -2.53. The van der Waals surface area contributed by atoms with Crippen molar-refractivity contribution in [1.82, 2.24) is 19.4 Å². The van der Waals surface area contributed by atoms with Crippen LogP contribution in [0.15, 0.2) is 30.3 Å². The SMILES string of the molecule is CC1(C)c2nc(-c3cc(F)c(F)c(F)c3)c(Nc3cccc(C(F)(F)F)n3)n2CCN1C(=O)CN. The molecule has 1 aliphatic heterocycles. The lowest BCUT2D eigenvalue weighted by Gasteiger charge is -2.42. The number of carbonyl (C=O) groups excluding carboxylic acids is 1. The molecule has 0 spiro atoms. The van der Waals surface area contributed by atoms with E-state index in [1.54, 1.807) is 18.4 Å². The van der Waals surface area contributed by atoms with Crippen LogP contribution in [0.2, 0.25) is 0 Å². The highest BCUT2D eigenvalue weighted by atomic mass is 19.4. The molecule has 1 amide bonds. The molecule has 2 aromatic heterocycles. The van der Waals surface area contributed by atoms with Crippen LogP contribution in [0.4, 0.5) is 38.0 Å². The molecule has 186 valence electrons. The predicted molar refractivity (Wildman–Crippen MR) is 114 cm³/mol. The summed E-state index contributed by atoms with van der Waals surface area (Å²) in [6.45, 7) is 3.43. The molecular formula is C22H20F6N6O. The molecule has 0 radical (unpaired) electrons. The third-order valence-corrected chi connectivity index (χ3v) is 5.76. The van der Waals surface area contributed by atoms with E-state index in [0.717, 1.165) is 24.3 Å². The maximum atomic E-state index is 14.0. The van der Waals surface area contributed by atoms with Gasteiger partial charge in [-0.3, -0.25) is 4.79 Å². The highest BCUT2D eigenvalue weighted by Gasteiger charge is 2.41. The molecule has 0 fully saturated rings. The van der Waals surface area contributed by atoms with Crippen LogP contribution in [0.1, 0.15) is 25.4 Å². The first kappa shape index (κ1) is 24.5. The normalized spacial score (nSPS) is 15.2. The van der Waals surface area contributed by atoms with E-state index in [2.05, 4.69) is 15.3 Å². The lowest BCUT2D eigenvalue weighted by molar-refractivity contribution is -0.141. The van der Waals surface area contributed by atoms with Gasteiger partial charge in [0, 0.05) is 18.7 Å². The Morgan fingerprint density at radius 2 is 1.77 bits per heavy atom. The number of nitrogens with two attached hydrogens (primary N) is 1. The fraction of sp³-hybridized carbons (Fsp3) is 0.318. The summed E-state index contributed by atoms with van der Waals surface area (Å²) in [5.74, 6) is -4.82. The monoisotopic (exact) mass is 498 g/mol. The van der Waals surface area contributed by atoms with E-state index in [-0.39, 0.29) is 54.3 Å². The molecule has 4 rings (SSSR count). The Hall–Kier alpha value is -3.61. The van der Waals surface area contributed by atoms with Gasteiger partial charge in [-0.1, -0.05) is 6.07 Å². The number of benzene rings is 1. The standard InChI is InChI=1S/C22H20F6N6O/c1-21(2)20-32-18(11-8-12(23)17(25)13(24)9-11)19(33(20)6-7-34(21)16(35)10-29)31-15-5-3-4-14(30-15)22(26,27)28/h3-5,8-9H,6-7,10,29H2,1-2H3,(H,30,31). The molecule has 0 aliphatic carbocycles. The maximum Gasteiger partial charge on any atom is 0.433 e. The molecule has 7 nitrogen and oxygen atoms in total. The molecule has 0 atom stereocenters. The Labute approximate surface area is 195 Å². The highest BCUT2D eigenvalue weighted by Crippen LogP contribution is 2.40. The van der Waals surface area contributed by atoms with Crippen LogP contribution in [0.3, 0.4) is 0 Å². The summed E-state index contributed by atoms with van der Waals surface area (Å²) in [6, 6.07) is 4.68. The second-order valence-corrected chi connectivity index (χ2v) is 8.38. The van der Waals surface area contributed by atoms with Gasteiger partial charge in [0.15, 0.2) is 17.5 Å². The third kappa shape index (κ3) is 4.31. The number of imidazole rings is 1. The van der Waals surface area contributed by atoms with E-state index in [1.807, 2.05) is 0 Å². The largest absolute Gasteiger partial charge is 0.433 e. The number of halogens is 6. The molecule has 0 saturated carbocycles. The molecule has 35 heavy (non-hydrogen) atoms. The lowest BCUT2D eigenvalue weighted by atomic mass is 9.99. The molecule has 13 heteroatoms. The number of hydrogen-bond acceptors (Lipinski definition) is 5. The number of rotatable bonds is 4. The number of aromatic nitrogens is 3. The average molecular weight is 498 g/mol. The van der Waals surface area contributed by atoms with Crippen molar-refractivity contribution in [3.63, 3.8) is 0 Å². The molecule has 0 bridgehead atoms. The zero-order valence-corrected chi connectivity index (χ0v) is 18.6. The van der Waals surface area contributed by atoms with Gasteiger partial charge in [0.1, 0.15) is 28.8 Å². The Morgan fingerprint density at radius 3 is 2.37 bits per heavy atom. The van der Waals surface area contributed by atoms with Crippen molar-refractivity contribution in [2.75, 3.05) is 18.4 Å². The summed E-state index contributed by atoms with van der Waals surface area (Å²) in [5, 5.41) is 2.76. The number of hydrogen-bond donors (Lipinski definition) is 2. The number of anilines is 2. The summed E-state index contributed by atoms with van der Waals surface area (Å²) in [7, 11) is 0. The molecular weight excluding hydrogens is 478 g/mol. The molecule has 1 aromatic carbocycles. The third-order valence-electron chi connectivity index (χ3n) is 5.76. The first-order chi connectivity index (χ1) is 16.3. The fourth-order valence-electron chi connectivity index (χ4n) is 4.09. The second-order valence-electron chi connectivity index (χ2n) is 8.38. The Balaban J connectivity index is 1.90. The quantitative estimate of drug-likeness (QED) is 0.417. The predicted octanol–water partition coefficient (Wildman–Crippen LogP) is 4.16. The molecule has 3 aromatic rings. The van der Waals surface area contributed by atoms with E-state index >= 15 is 0 Å². The van der Waals surface area contributed by atoms with Gasteiger partial charge >= 0.3 is 6.18 Å². The van der Waals surface area contributed by atoms with Gasteiger partial charge < -0.3 is 20.5 Å². The van der Waals surface area contributed by atoms with Crippen molar-refractivity contribution >= 4 is 17.5 Å². The van der Waals surface area contributed by atoms with Gasteiger partial charge in [-0.05, 0) is 38.1 Å². The highest BCUT2D eigenvalue weighted by molar-refractivity contribution is 5.80. The smallest absolute Gasteiger partial charge is 0.327 e. The van der Waals surface area contributed by atoms with Crippen LogP contribution < -0.4 is 11.1 Å². The van der Waals surface area contributed by atoms with Crippen LogP contribution in [0.5, 0.6) is 0 Å². The van der Waals surface area contributed by atoms with Gasteiger partial charge in [0.2, 0.25) is 5.91 Å². The fourth-order valence-corrected chi connectivity index (χ4v) is 4.09. The van der Waals surface area contributed by atoms with E-state index in [4.69, 9.17) is 5.73 Å². The molecule has 0 unspecified atom stereocenters. The maximum absolute atomic E-state index is 14.0. The van der Waals surface area contributed by atoms with Gasteiger partial charge in [-0.15, -0.1) is 0 Å². The molecule has 0 saturated heterocycles. The van der Waals surface area contributed by atoms with Crippen molar-refractivity contribution in [2.24, 2.45) is 5.73 Å². The van der Waals surface area contributed by atoms with Crippen LogP contribution in [-0.4, -0.2) is 38.4 Å². The van der Waals surface area contributed by atoms with Gasteiger partial charge in [0.25, 0.3) is 0 Å². The Kier molecular flexibility index (Phi) is 5.99. The summed E-state index contributed by atoms with van der Waals surface area (Å²) < 4.78 is 82.8. The summed E-state index contributed by atoms with van der Waals surface area (Å²) in [4.78, 5) is 21.9. The van der Waals surface area contributed by atoms with Crippen molar-refractivity contribution in [3.05, 3.63) is 59.3 Å². The van der Waals surface area contributed by atoms with Crippen LogP contribution in [0, 0.1) is 17.5 Å². The van der Waals surface area contributed by atoms with Crippen molar-refractivity contribution < 1.29 is 31.1 Å². The number of amides is 1. The van der Waals surface area contributed by atoms with Gasteiger partial charge in [-0.2, -0.15) is 13.2 Å². The number of fused-ring (bicyclic) bond motifs is 1. The minimum Gasteiger partial charge on any atom is -0.327 e. The van der Waals surface area contributed by atoms with Crippen LogP contribution >= 0.6 is 0 Å². The van der Waals surface area contributed by atoms with Crippen LogP contribution in [0.25, 0.3) is 11.3 Å². The topological polar surface area (TPSA) is 89.1 Å². The average Bonchev–Trinajstić information content (AvgIpc) is 3.16. The molecule has 3 N–H and O–H groups in total. The van der Waals surface area contributed by atoms with E-state index < -0.39 is 34.9 Å². The number of pyridine rings is 1. The molecule has 1 aliphatic rings. The summed E-state index contributed by atoms with van der Waals surface area (Å²) >= 11 is 0. The van der Waals surface area contributed by atoms with Gasteiger partial charge in [-0.25, -0.2) is 23.1 Å². The number of alkyl halides is 3. The minimum absolute atomic E-state index is 0.0628. The zero-order valence-electron chi connectivity index (χ0n) is 18.6. The van der Waals surface area contributed by atoms with Gasteiger partial charge in [0.05, 0.1) is 12.1 Å². The van der Waals surface area contributed by atoms with Crippen molar-refractivity contribution in [1.29, 1.82) is 0 Å². The first-order valence-electron chi connectivity index (χ1n) is 10.4.